The molecule has 2 rings (SSSR count). The van der Waals surface area contributed by atoms with Crippen LogP contribution in [0.25, 0.3) is 0 Å². The second-order valence-corrected chi connectivity index (χ2v) is 6.06. The second-order valence-electron chi connectivity index (χ2n) is 6.06. The molecule has 2 aliphatic rings. The molecule has 0 aromatic rings. The van der Waals surface area contributed by atoms with Crippen LogP contribution in [0.15, 0.2) is 12.7 Å². The van der Waals surface area contributed by atoms with E-state index in [2.05, 4.69) is 17.2 Å². The molecular formula is C16H26N4O4. The van der Waals surface area contributed by atoms with E-state index in [1.807, 2.05) is 9.80 Å². The third kappa shape index (κ3) is 5.61. The van der Waals surface area contributed by atoms with Crippen molar-refractivity contribution >= 4 is 17.8 Å². The normalized spacial score (nSPS) is 21.8. The molecule has 2 heterocycles. The first-order valence-corrected chi connectivity index (χ1v) is 8.37. The molecule has 0 aliphatic carbocycles. The van der Waals surface area contributed by atoms with Crippen LogP contribution in [-0.4, -0.2) is 80.1 Å². The van der Waals surface area contributed by atoms with E-state index >= 15 is 0 Å². The zero-order chi connectivity index (χ0) is 17.4. The van der Waals surface area contributed by atoms with Crippen LogP contribution in [0.3, 0.4) is 0 Å². The Hall–Kier alpha value is -1.93. The molecule has 2 fully saturated rings. The fourth-order valence-electron chi connectivity index (χ4n) is 3.02. The van der Waals surface area contributed by atoms with Crippen molar-refractivity contribution in [2.75, 3.05) is 52.5 Å². The average Bonchev–Trinajstić information content (AvgIpc) is 2.60. The van der Waals surface area contributed by atoms with Gasteiger partial charge in [0, 0.05) is 26.2 Å². The van der Waals surface area contributed by atoms with Gasteiger partial charge in [0.05, 0.1) is 25.7 Å². The summed E-state index contributed by atoms with van der Waals surface area (Å²) in [4.78, 5) is 39.7. The van der Waals surface area contributed by atoms with Crippen LogP contribution in [-0.2, 0) is 14.3 Å². The monoisotopic (exact) mass is 338 g/mol. The van der Waals surface area contributed by atoms with Gasteiger partial charge >= 0.3 is 6.03 Å². The maximum Gasteiger partial charge on any atom is 0.321 e. The molecule has 0 aromatic carbocycles. The zero-order valence-electron chi connectivity index (χ0n) is 14.0. The van der Waals surface area contributed by atoms with Gasteiger partial charge < -0.3 is 15.0 Å². The number of nitrogens with zero attached hydrogens (tertiary/aromatic N) is 2. The van der Waals surface area contributed by atoms with E-state index in [1.54, 1.807) is 0 Å². The Kier molecular flexibility index (Phi) is 7.20. The molecule has 0 unspecified atom stereocenters. The number of nitrogens with one attached hydrogen (secondary N) is 2. The van der Waals surface area contributed by atoms with Crippen molar-refractivity contribution in [1.29, 1.82) is 0 Å². The molecule has 8 nitrogen and oxygen atoms in total. The van der Waals surface area contributed by atoms with Crippen molar-refractivity contribution in [3.05, 3.63) is 12.7 Å². The Balaban J connectivity index is 1.77. The summed E-state index contributed by atoms with van der Waals surface area (Å²) < 4.78 is 5.27. The van der Waals surface area contributed by atoms with Gasteiger partial charge in [0.2, 0.25) is 11.8 Å². The van der Waals surface area contributed by atoms with Crippen LogP contribution in [0.1, 0.15) is 12.8 Å². The summed E-state index contributed by atoms with van der Waals surface area (Å²) in [6.45, 7) is 7.68. The zero-order valence-corrected chi connectivity index (χ0v) is 14.0. The number of morpholine rings is 1. The highest BCUT2D eigenvalue weighted by molar-refractivity contribution is 5.95. The molecule has 0 aromatic heterocycles. The van der Waals surface area contributed by atoms with Crippen molar-refractivity contribution in [1.82, 2.24) is 20.4 Å². The molecule has 0 bridgehead atoms. The maximum atomic E-state index is 12.6. The molecule has 24 heavy (non-hydrogen) atoms. The molecule has 8 heteroatoms. The summed E-state index contributed by atoms with van der Waals surface area (Å²) in [5.41, 5.74) is 0. The standard InChI is InChI=1S/C16H26N4O4/c1-2-5-17-16(23)18-14(21)12-19-6-3-4-13(11-19)15(22)20-7-9-24-10-8-20/h2,13H,1,3-12H2,(H2,17,18,21,23)/t13-/m0/s1. The van der Waals surface area contributed by atoms with Gasteiger partial charge in [0.15, 0.2) is 0 Å². The summed E-state index contributed by atoms with van der Waals surface area (Å²) in [7, 11) is 0. The summed E-state index contributed by atoms with van der Waals surface area (Å²) in [5.74, 6) is -0.303. The molecule has 1 atom stereocenters. The Morgan fingerprint density at radius 3 is 2.67 bits per heavy atom. The van der Waals surface area contributed by atoms with Crippen LogP contribution < -0.4 is 10.6 Å². The number of rotatable bonds is 5. The molecule has 0 spiro atoms. The predicted octanol–water partition coefficient (Wildman–Crippen LogP) is -0.431. The number of hydrogen-bond donors (Lipinski definition) is 2. The number of imide groups is 1. The Bertz CT molecular complexity index is 477. The number of carbonyl (C=O) groups excluding carboxylic acids is 3. The first kappa shape index (κ1) is 18.4. The fourth-order valence-corrected chi connectivity index (χ4v) is 3.02. The van der Waals surface area contributed by atoms with E-state index in [0.29, 0.717) is 39.4 Å². The lowest BCUT2D eigenvalue weighted by atomic mass is 9.96. The van der Waals surface area contributed by atoms with Crippen LogP contribution >= 0.6 is 0 Å². The van der Waals surface area contributed by atoms with Crippen molar-refractivity contribution in [2.45, 2.75) is 12.8 Å². The van der Waals surface area contributed by atoms with Gasteiger partial charge in [-0.25, -0.2) is 4.79 Å². The third-order valence-corrected chi connectivity index (χ3v) is 4.20. The number of carbonyl (C=O) groups is 3. The molecule has 2 N–H and O–H groups in total. The Morgan fingerprint density at radius 2 is 1.96 bits per heavy atom. The molecule has 0 saturated carbocycles. The number of piperidine rings is 1. The number of hydrogen-bond acceptors (Lipinski definition) is 5. The largest absolute Gasteiger partial charge is 0.378 e. The van der Waals surface area contributed by atoms with E-state index in [0.717, 1.165) is 19.4 Å². The van der Waals surface area contributed by atoms with Crippen LogP contribution in [0.4, 0.5) is 4.79 Å². The quantitative estimate of drug-likeness (QED) is 0.664. The first-order valence-electron chi connectivity index (χ1n) is 8.37. The SMILES string of the molecule is C=CCNC(=O)NC(=O)CN1CCC[C@H](C(=O)N2CCOCC2)C1. The van der Waals surface area contributed by atoms with Gasteiger partial charge in [-0.15, -0.1) is 6.58 Å². The lowest BCUT2D eigenvalue weighted by Gasteiger charge is -2.35. The number of urea groups is 1. The minimum Gasteiger partial charge on any atom is -0.378 e. The van der Waals surface area contributed by atoms with Crippen LogP contribution in [0.5, 0.6) is 0 Å². The maximum absolute atomic E-state index is 12.6. The van der Waals surface area contributed by atoms with Gasteiger partial charge in [0.25, 0.3) is 0 Å². The number of amides is 4. The molecule has 2 aliphatic heterocycles. The van der Waals surface area contributed by atoms with E-state index in [4.69, 9.17) is 4.74 Å². The van der Waals surface area contributed by atoms with Crippen molar-refractivity contribution < 1.29 is 19.1 Å². The van der Waals surface area contributed by atoms with Crippen molar-refractivity contribution in [3.8, 4) is 0 Å². The van der Waals surface area contributed by atoms with Crippen LogP contribution in [0.2, 0.25) is 0 Å². The molecule has 134 valence electrons. The molecule has 4 amide bonds. The lowest BCUT2D eigenvalue weighted by Crippen LogP contribution is -2.50. The molecule has 0 radical (unpaired) electrons. The van der Waals surface area contributed by atoms with Gasteiger partial charge in [-0.2, -0.15) is 0 Å². The molecule has 2 saturated heterocycles. The fraction of sp³-hybridized carbons (Fsp3) is 0.688. The van der Waals surface area contributed by atoms with E-state index in [9.17, 15) is 14.4 Å². The Morgan fingerprint density at radius 1 is 1.21 bits per heavy atom. The van der Waals surface area contributed by atoms with Gasteiger partial charge in [0.1, 0.15) is 0 Å². The topological polar surface area (TPSA) is 91.0 Å². The van der Waals surface area contributed by atoms with Crippen molar-refractivity contribution in [2.24, 2.45) is 5.92 Å². The van der Waals surface area contributed by atoms with Gasteiger partial charge in [-0.1, -0.05) is 6.08 Å². The van der Waals surface area contributed by atoms with E-state index < -0.39 is 6.03 Å². The van der Waals surface area contributed by atoms with E-state index in [-0.39, 0.29) is 24.3 Å². The minimum atomic E-state index is -0.530. The van der Waals surface area contributed by atoms with Crippen molar-refractivity contribution in [3.63, 3.8) is 0 Å². The van der Waals surface area contributed by atoms with Gasteiger partial charge in [-0.05, 0) is 19.4 Å². The van der Waals surface area contributed by atoms with E-state index in [1.165, 1.54) is 6.08 Å². The Labute approximate surface area is 142 Å². The first-order chi connectivity index (χ1) is 11.6. The second kappa shape index (κ2) is 9.39. The average molecular weight is 338 g/mol. The predicted molar refractivity (Wildman–Crippen MR) is 88.3 cm³/mol. The highest BCUT2D eigenvalue weighted by Crippen LogP contribution is 2.19. The minimum absolute atomic E-state index is 0.0840. The van der Waals surface area contributed by atoms with Crippen LogP contribution in [0, 0.1) is 5.92 Å². The lowest BCUT2D eigenvalue weighted by molar-refractivity contribution is -0.142. The third-order valence-electron chi connectivity index (χ3n) is 4.20. The number of ether oxygens (including phenoxy) is 1. The number of likely N-dealkylation sites (tertiary alicyclic amines) is 1. The smallest absolute Gasteiger partial charge is 0.321 e. The van der Waals surface area contributed by atoms with Gasteiger partial charge in [-0.3, -0.25) is 19.8 Å². The highest BCUT2D eigenvalue weighted by Gasteiger charge is 2.30. The summed E-state index contributed by atoms with van der Waals surface area (Å²) in [6.07, 6.45) is 3.25. The summed E-state index contributed by atoms with van der Waals surface area (Å²) in [6, 6.07) is -0.530. The highest BCUT2D eigenvalue weighted by atomic mass is 16.5. The molecular weight excluding hydrogens is 312 g/mol. The summed E-state index contributed by atoms with van der Waals surface area (Å²) in [5, 5.41) is 4.77. The summed E-state index contributed by atoms with van der Waals surface area (Å²) >= 11 is 0.